The Hall–Kier alpha value is -1.09. The summed E-state index contributed by atoms with van der Waals surface area (Å²) in [5.74, 6) is 0.399. The van der Waals surface area contributed by atoms with Crippen LogP contribution in [0.4, 0.5) is 4.39 Å². The van der Waals surface area contributed by atoms with Gasteiger partial charge in [-0.2, -0.15) is 0 Å². The summed E-state index contributed by atoms with van der Waals surface area (Å²) in [5.41, 5.74) is 0.534. The smallest absolute Gasteiger partial charge is 0.123 e. The van der Waals surface area contributed by atoms with E-state index in [2.05, 4.69) is 0 Å². The van der Waals surface area contributed by atoms with Gasteiger partial charge in [-0.1, -0.05) is 6.42 Å². The molecule has 0 aromatic heterocycles. The molecule has 0 spiro atoms. The molecular formula is C12H15FO2. The highest BCUT2D eigenvalue weighted by molar-refractivity contribution is 5.41. The van der Waals surface area contributed by atoms with Crippen molar-refractivity contribution in [1.82, 2.24) is 0 Å². The summed E-state index contributed by atoms with van der Waals surface area (Å²) in [6, 6.07) is 4.49. The zero-order valence-corrected chi connectivity index (χ0v) is 8.79. The quantitative estimate of drug-likeness (QED) is 0.829. The van der Waals surface area contributed by atoms with E-state index in [0.29, 0.717) is 5.75 Å². The molecule has 0 unspecified atom stereocenters. The lowest BCUT2D eigenvalue weighted by Crippen LogP contribution is -2.38. The van der Waals surface area contributed by atoms with E-state index in [9.17, 15) is 9.50 Å². The molecule has 1 aliphatic rings. The number of hydrogen-bond acceptors (Lipinski definition) is 2. The lowest BCUT2D eigenvalue weighted by molar-refractivity contribution is 0.117. The zero-order valence-electron chi connectivity index (χ0n) is 8.79. The Morgan fingerprint density at radius 1 is 1.47 bits per heavy atom. The first kappa shape index (κ1) is 10.4. The maximum Gasteiger partial charge on any atom is 0.123 e. The number of halogens is 1. The number of methoxy groups -OCH3 is 1. The minimum Gasteiger partial charge on any atom is -0.496 e. The van der Waals surface area contributed by atoms with Crippen molar-refractivity contribution in [2.75, 3.05) is 13.7 Å². The van der Waals surface area contributed by atoms with Crippen LogP contribution in [0.1, 0.15) is 24.8 Å². The second-order valence-electron chi connectivity index (χ2n) is 4.14. The molecule has 1 aliphatic carbocycles. The summed E-state index contributed by atoms with van der Waals surface area (Å²) in [7, 11) is 1.57. The Morgan fingerprint density at radius 2 is 2.20 bits per heavy atom. The van der Waals surface area contributed by atoms with E-state index in [4.69, 9.17) is 4.74 Å². The first-order valence-electron chi connectivity index (χ1n) is 5.17. The third kappa shape index (κ3) is 1.61. The predicted molar refractivity (Wildman–Crippen MR) is 55.6 cm³/mol. The summed E-state index contributed by atoms with van der Waals surface area (Å²) in [4.78, 5) is 0. The molecule has 0 atom stereocenters. The van der Waals surface area contributed by atoms with E-state index >= 15 is 0 Å². The van der Waals surface area contributed by atoms with Crippen molar-refractivity contribution < 1.29 is 14.2 Å². The molecule has 2 rings (SSSR count). The summed E-state index contributed by atoms with van der Waals surface area (Å²) in [5, 5.41) is 9.42. The van der Waals surface area contributed by atoms with Crippen molar-refractivity contribution in [3.63, 3.8) is 0 Å². The van der Waals surface area contributed by atoms with E-state index in [1.54, 1.807) is 13.2 Å². The first-order chi connectivity index (χ1) is 7.22. The Balaban J connectivity index is 2.44. The van der Waals surface area contributed by atoms with Crippen molar-refractivity contribution in [2.24, 2.45) is 0 Å². The Labute approximate surface area is 88.7 Å². The molecule has 0 radical (unpaired) electrons. The molecule has 0 aliphatic heterocycles. The molecular weight excluding hydrogens is 195 g/mol. The van der Waals surface area contributed by atoms with Gasteiger partial charge in [0.1, 0.15) is 11.6 Å². The largest absolute Gasteiger partial charge is 0.496 e. The molecule has 3 heteroatoms. The van der Waals surface area contributed by atoms with Gasteiger partial charge in [-0.25, -0.2) is 4.39 Å². The standard InChI is InChI=1S/C12H15FO2/c1-15-11-4-3-9(13)7-10(11)12(8-14)5-2-6-12/h3-4,7,14H,2,5-6,8H2,1H3. The molecule has 2 nitrogen and oxygen atoms in total. The van der Waals surface area contributed by atoms with Crippen molar-refractivity contribution in [3.05, 3.63) is 29.6 Å². The highest BCUT2D eigenvalue weighted by Crippen LogP contribution is 2.46. The van der Waals surface area contributed by atoms with Crippen LogP contribution in [0.25, 0.3) is 0 Å². The van der Waals surface area contributed by atoms with Gasteiger partial charge in [-0.05, 0) is 31.0 Å². The zero-order chi connectivity index (χ0) is 10.9. The number of aliphatic hydroxyl groups excluding tert-OH is 1. The topological polar surface area (TPSA) is 29.5 Å². The van der Waals surface area contributed by atoms with Gasteiger partial charge in [0.2, 0.25) is 0 Å². The van der Waals surface area contributed by atoms with Crippen molar-refractivity contribution in [3.8, 4) is 5.75 Å². The van der Waals surface area contributed by atoms with Crippen LogP contribution in [0.3, 0.4) is 0 Å². The Bertz CT molecular complexity index is 353. The fourth-order valence-electron chi connectivity index (χ4n) is 2.21. The van der Waals surface area contributed by atoms with E-state index in [-0.39, 0.29) is 17.8 Å². The van der Waals surface area contributed by atoms with Crippen LogP contribution >= 0.6 is 0 Å². The van der Waals surface area contributed by atoms with E-state index in [1.165, 1.54) is 12.1 Å². The molecule has 0 saturated heterocycles. The number of rotatable bonds is 3. The molecule has 0 heterocycles. The van der Waals surface area contributed by atoms with Gasteiger partial charge < -0.3 is 9.84 Å². The summed E-state index contributed by atoms with van der Waals surface area (Å²) < 4.78 is 18.4. The second kappa shape index (κ2) is 3.81. The van der Waals surface area contributed by atoms with Crippen molar-refractivity contribution in [2.45, 2.75) is 24.7 Å². The normalized spacial score (nSPS) is 18.3. The molecule has 1 aromatic carbocycles. The molecule has 1 fully saturated rings. The maximum absolute atomic E-state index is 13.2. The lowest BCUT2D eigenvalue weighted by atomic mass is 9.65. The average molecular weight is 210 g/mol. The predicted octanol–water partition coefficient (Wildman–Crippen LogP) is 2.25. The van der Waals surface area contributed by atoms with Crippen molar-refractivity contribution >= 4 is 0 Å². The minimum absolute atomic E-state index is 0.0623. The summed E-state index contributed by atoms with van der Waals surface area (Å²) >= 11 is 0. The molecule has 0 amide bonds. The van der Waals surface area contributed by atoms with Gasteiger partial charge in [-0.15, -0.1) is 0 Å². The van der Waals surface area contributed by atoms with Crippen LogP contribution in [0, 0.1) is 5.82 Å². The highest BCUT2D eigenvalue weighted by Gasteiger charge is 2.40. The molecule has 1 saturated carbocycles. The van der Waals surface area contributed by atoms with Crippen molar-refractivity contribution in [1.29, 1.82) is 0 Å². The van der Waals surface area contributed by atoms with E-state index in [1.807, 2.05) is 0 Å². The van der Waals surface area contributed by atoms with Gasteiger partial charge in [0, 0.05) is 11.0 Å². The van der Waals surface area contributed by atoms with Gasteiger partial charge in [-0.3, -0.25) is 0 Å². The van der Waals surface area contributed by atoms with Crippen LogP contribution < -0.4 is 4.74 Å². The monoisotopic (exact) mass is 210 g/mol. The molecule has 1 N–H and O–H groups in total. The van der Waals surface area contributed by atoms with E-state index < -0.39 is 0 Å². The minimum atomic E-state index is -0.273. The third-order valence-electron chi connectivity index (χ3n) is 3.35. The number of ether oxygens (including phenoxy) is 1. The average Bonchev–Trinajstić information content (AvgIpc) is 2.17. The fourth-order valence-corrected chi connectivity index (χ4v) is 2.21. The van der Waals surface area contributed by atoms with Gasteiger partial charge in [0.05, 0.1) is 13.7 Å². The van der Waals surface area contributed by atoms with Gasteiger partial charge in [0.15, 0.2) is 0 Å². The Morgan fingerprint density at radius 3 is 2.67 bits per heavy atom. The fraction of sp³-hybridized carbons (Fsp3) is 0.500. The van der Waals surface area contributed by atoms with E-state index in [0.717, 1.165) is 24.8 Å². The van der Waals surface area contributed by atoms with Crippen LogP contribution in [0.15, 0.2) is 18.2 Å². The van der Waals surface area contributed by atoms with Crippen LogP contribution in [0.2, 0.25) is 0 Å². The first-order valence-corrected chi connectivity index (χ1v) is 5.17. The number of aliphatic hydroxyl groups is 1. The van der Waals surface area contributed by atoms with Crippen LogP contribution in [-0.2, 0) is 5.41 Å². The summed E-state index contributed by atoms with van der Waals surface area (Å²) in [6.07, 6.45) is 2.90. The lowest BCUT2D eigenvalue weighted by Gasteiger charge is -2.41. The molecule has 1 aromatic rings. The van der Waals surface area contributed by atoms with Crippen LogP contribution in [-0.4, -0.2) is 18.8 Å². The SMILES string of the molecule is COc1ccc(F)cc1C1(CO)CCC1. The third-order valence-corrected chi connectivity index (χ3v) is 3.35. The van der Waals surface area contributed by atoms with Gasteiger partial charge >= 0.3 is 0 Å². The molecule has 0 bridgehead atoms. The highest BCUT2D eigenvalue weighted by atomic mass is 19.1. The van der Waals surface area contributed by atoms with Crippen LogP contribution in [0.5, 0.6) is 5.75 Å². The van der Waals surface area contributed by atoms with Gasteiger partial charge in [0.25, 0.3) is 0 Å². The molecule has 82 valence electrons. The number of benzene rings is 1. The summed E-state index contributed by atoms with van der Waals surface area (Å²) in [6.45, 7) is 0.0623. The molecule has 15 heavy (non-hydrogen) atoms. The second-order valence-corrected chi connectivity index (χ2v) is 4.14. The Kier molecular flexibility index (Phi) is 2.65. The number of hydrogen-bond donors (Lipinski definition) is 1. The maximum atomic E-state index is 13.2.